The lowest BCUT2D eigenvalue weighted by atomic mass is 10.4. The van der Waals surface area contributed by atoms with Gasteiger partial charge in [0.2, 0.25) is 11.8 Å². The molecule has 3 N–H and O–H groups in total. The SMILES string of the molecule is COCCNC(=O)CN(C)c1nnc(C(C)N)o1. The maximum absolute atomic E-state index is 11.5. The molecule has 1 aromatic heterocycles. The summed E-state index contributed by atoms with van der Waals surface area (Å²) in [7, 11) is 3.26. The highest BCUT2D eigenvalue weighted by molar-refractivity contribution is 5.80. The standard InChI is InChI=1S/C10H19N5O3/c1-7(11)9-13-14-10(18-9)15(2)6-8(16)12-4-5-17-3/h7H,4-6,11H2,1-3H3,(H,12,16). The number of methoxy groups -OCH3 is 1. The van der Waals surface area contributed by atoms with Crippen LogP contribution in [0.15, 0.2) is 4.42 Å². The average Bonchev–Trinajstić information content (AvgIpc) is 2.78. The number of nitrogens with one attached hydrogen (secondary N) is 1. The van der Waals surface area contributed by atoms with Crippen LogP contribution in [-0.2, 0) is 9.53 Å². The van der Waals surface area contributed by atoms with Crippen LogP contribution in [0.25, 0.3) is 0 Å². The molecule has 0 saturated heterocycles. The molecular weight excluding hydrogens is 238 g/mol. The summed E-state index contributed by atoms with van der Waals surface area (Å²) in [6.45, 7) is 2.82. The van der Waals surface area contributed by atoms with E-state index in [1.807, 2.05) is 0 Å². The summed E-state index contributed by atoms with van der Waals surface area (Å²) in [6.07, 6.45) is 0. The molecule has 1 aromatic rings. The van der Waals surface area contributed by atoms with Gasteiger partial charge < -0.3 is 25.1 Å². The lowest BCUT2D eigenvalue weighted by Crippen LogP contribution is -2.36. The van der Waals surface area contributed by atoms with E-state index in [4.69, 9.17) is 14.9 Å². The maximum atomic E-state index is 11.5. The molecule has 1 amide bonds. The summed E-state index contributed by atoms with van der Waals surface area (Å²) in [6, 6.07) is -0.0561. The highest BCUT2D eigenvalue weighted by atomic mass is 16.5. The lowest BCUT2D eigenvalue weighted by Gasteiger charge is -2.13. The van der Waals surface area contributed by atoms with Crippen molar-refractivity contribution in [2.24, 2.45) is 5.73 Å². The number of hydrogen-bond donors (Lipinski definition) is 2. The van der Waals surface area contributed by atoms with Gasteiger partial charge in [0.05, 0.1) is 12.6 Å². The van der Waals surface area contributed by atoms with Gasteiger partial charge in [-0.3, -0.25) is 4.79 Å². The van der Waals surface area contributed by atoms with Crippen LogP contribution < -0.4 is 16.0 Å². The summed E-state index contributed by atoms with van der Waals surface area (Å²) in [5, 5.41) is 10.3. The molecule has 0 aliphatic heterocycles. The van der Waals surface area contributed by atoms with Crippen LogP contribution in [0.5, 0.6) is 0 Å². The van der Waals surface area contributed by atoms with Crippen molar-refractivity contribution < 1.29 is 13.9 Å². The van der Waals surface area contributed by atoms with E-state index in [2.05, 4.69) is 15.5 Å². The summed E-state index contributed by atoms with van der Waals surface area (Å²) >= 11 is 0. The Bertz CT molecular complexity index is 379. The van der Waals surface area contributed by atoms with Gasteiger partial charge in [-0.2, -0.15) is 0 Å². The molecule has 0 aliphatic carbocycles. The maximum Gasteiger partial charge on any atom is 0.318 e. The predicted molar refractivity (Wildman–Crippen MR) is 65.1 cm³/mol. The highest BCUT2D eigenvalue weighted by Gasteiger charge is 2.15. The number of ether oxygens (including phenoxy) is 1. The summed E-state index contributed by atoms with van der Waals surface area (Å²) in [4.78, 5) is 13.1. The minimum Gasteiger partial charge on any atom is -0.406 e. The smallest absolute Gasteiger partial charge is 0.318 e. The zero-order valence-corrected chi connectivity index (χ0v) is 10.8. The molecule has 8 nitrogen and oxygen atoms in total. The Hall–Kier alpha value is -1.67. The van der Waals surface area contributed by atoms with Gasteiger partial charge in [-0.15, -0.1) is 5.10 Å². The number of nitrogens with zero attached hydrogens (tertiary/aromatic N) is 3. The molecule has 0 spiro atoms. The van der Waals surface area contributed by atoms with Crippen LogP contribution >= 0.6 is 0 Å². The van der Waals surface area contributed by atoms with Crippen molar-refractivity contribution in [3.05, 3.63) is 5.89 Å². The van der Waals surface area contributed by atoms with Crippen LogP contribution in [0.3, 0.4) is 0 Å². The summed E-state index contributed by atoms with van der Waals surface area (Å²) in [5.74, 6) is 0.201. The molecular formula is C10H19N5O3. The van der Waals surface area contributed by atoms with Gasteiger partial charge in [0, 0.05) is 20.7 Å². The van der Waals surface area contributed by atoms with Crippen molar-refractivity contribution in [2.45, 2.75) is 13.0 Å². The van der Waals surface area contributed by atoms with Crippen molar-refractivity contribution in [3.63, 3.8) is 0 Å². The predicted octanol–water partition coefficient (Wildman–Crippen LogP) is -0.712. The van der Waals surface area contributed by atoms with Crippen LogP contribution in [0, 0.1) is 0 Å². The van der Waals surface area contributed by atoms with Crippen LogP contribution in [-0.4, -0.2) is 50.0 Å². The molecule has 0 bridgehead atoms. The molecule has 1 heterocycles. The van der Waals surface area contributed by atoms with E-state index in [0.29, 0.717) is 19.0 Å². The number of amides is 1. The van der Waals surface area contributed by atoms with Crippen molar-refractivity contribution >= 4 is 11.9 Å². The first-order valence-electron chi connectivity index (χ1n) is 5.60. The number of anilines is 1. The molecule has 1 rings (SSSR count). The van der Waals surface area contributed by atoms with E-state index in [-0.39, 0.29) is 24.5 Å². The van der Waals surface area contributed by atoms with Crippen molar-refractivity contribution in [1.82, 2.24) is 15.5 Å². The van der Waals surface area contributed by atoms with Crippen LogP contribution in [0.2, 0.25) is 0 Å². The molecule has 0 fully saturated rings. The fourth-order valence-electron chi connectivity index (χ4n) is 1.20. The number of carbonyl (C=O) groups is 1. The summed E-state index contributed by atoms with van der Waals surface area (Å²) < 4.78 is 10.1. The van der Waals surface area contributed by atoms with Gasteiger partial charge >= 0.3 is 6.01 Å². The summed E-state index contributed by atoms with van der Waals surface area (Å²) in [5.41, 5.74) is 5.60. The fraction of sp³-hybridized carbons (Fsp3) is 0.700. The van der Waals surface area contributed by atoms with E-state index in [0.717, 1.165) is 0 Å². The number of hydrogen-bond acceptors (Lipinski definition) is 7. The van der Waals surface area contributed by atoms with E-state index >= 15 is 0 Å². The quantitative estimate of drug-likeness (QED) is 0.621. The highest BCUT2D eigenvalue weighted by Crippen LogP contribution is 2.13. The Labute approximate surface area is 105 Å². The Morgan fingerprint density at radius 1 is 1.61 bits per heavy atom. The minimum atomic E-state index is -0.324. The number of likely N-dealkylation sites (N-methyl/N-ethyl adjacent to an activating group) is 1. The third-order valence-corrected chi connectivity index (χ3v) is 2.16. The zero-order chi connectivity index (χ0) is 13.5. The molecule has 1 atom stereocenters. The average molecular weight is 257 g/mol. The number of rotatable bonds is 7. The van der Waals surface area contributed by atoms with E-state index in [1.165, 1.54) is 0 Å². The minimum absolute atomic E-state index is 0.129. The van der Waals surface area contributed by atoms with Gasteiger partial charge in [0.15, 0.2) is 0 Å². The zero-order valence-electron chi connectivity index (χ0n) is 10.8. The van der Waals surface area contributed by atoms with Crippen molar-refractivity contribution in [1.29, 1.82) is 0 Å². The number of aromatic nitrogens is 2. The molecule has 0 radical (unpaired) electrons. The molecule has 102 valence electrons. The first-order valence-corrected chi connectivity index (χ1v) is 5.60. The molecule has 0 saturated carbocycles. The Balaban J connectivity index is 2.43. The van der Waals surface area contributed by atoms with Gasteiger partial charge in [-0.05, 0) is 6.92 Å². The second kappa shape index (κ2) is 6.92. The second-order valence-corrected chi connectivity index (χ2v) is 3.91. The molecule has 18 heavy (non-hydrogen) atoms. The first-order chi connectivity index (χ1) is 8.54. The third-order valence-electron chi connectivity index (χ3n) is 2.16. The first kappa shape index (κ1) is 14.4. The largest absolute Gasteiger partial charge is 0.406 e. The topological polar surface area (TPSA) is 107 Å². The van der Waals surface area contributed by atoms with E-state index in [9.17, 15) is 4.79 Å². The van der Waals surface area contributed by atoms with Crippen LogP contribution in [0.4, 0.5) is 6.01 Å². The number of carbonyl (C=O) groups excluding carboxylic acids is 1. The molecule has 0 aromatic carbocycles. The molecule has 8 heteroatoms. The monoisotopic (exact) mass is 257 g/mol. The normalized spacial score (nSPS) is 12.2. The van der Waals surface area contributed by atoms with Gasteiger partial charge in [-0.25, -0.2) is 0 Å². The third kappa shape index (κ3) is 4.30. The van der Waals surface area contributed by atoms with Crippen LogP contribution in [0.1, 0.15) is 18.9 Å². The van der Waals surface area contributed by atoms with Gasteiger partial charge in [-0.1, -0.05) is 5.10 Å². The molecule has 0 aliphatic rings. The van der Waals surface area contributed by atoms with Gasteiger partial charge in [0.1, 0.15) is 6.54 Å². The van der Waals surface area contributed by atoms with Gasteiger partial charge in [0.25, 0.3) is 0 Å². The lowest BCUT2D eigenvalue weighted by molar-refractivity contribution is -0.119. The molecule has 1 unspecified atom stereocenters. The number of nitrogens with two attached hydrogens (primary N) is 1. The van der Waals surface area contributed by atoms with Crippen molar-refractivity contribution in [2.75, 3.05) is 38.8 Å². The Kier molecular flexibility index (Phi) is 5.53. The fourth-order valence-corrected chi connectivity index (χ4v) is 1.20. The Morgan fingerprint density at radius 3 is 2.89 bits per heavy atom. The van der Waals surface area contributed by atoms with E-state index < -0.39 is 0 Å². The van der Waals surface area contributed by atoms with Crippen molar-refractivity contribution in [3.8, 4) is 0 Å². The van der Waals surface area contributed by atoms with E-state index in [1.54, 1.807) is 26.0 Å². The Morgan fingerprint density at radius 2 is 2.33 bits per heavy atom. The second-order valence-electron chi connectivity index (χ2n) is 3.91.